The second-order valence-corrected chi connectivity index (χ2v) is 4.79. The highest BCUT2D eigenvalue weighted by molar-refractivity contribution is 9.10. The minimum absolute atomic E-state index is 0.0894. The van der Waals surface area contributed by atoms with Gasteiger partial charge in [0.05, 0.1) is 16.2 Å². The lowest BCUT2D eigenvalue weighted by Gasteiger charge is -2.09. The average molecular weight is 355 g/mol. The molecule has 2 aromatic rings. The van der Waals surface area contributed by atoms with Gasteiger partial charge in [-0.15, -0.1) is 0 Å². The van der Waals surface area contributed by atoms with Crippen molar-refractivity contribution in [1.82, 2.24) is 4.98 Å². The summed E-state index contributed by atoms with van der Waals surface area (Å²) in [5, 5.41) is 13.0. The van der Waals surface area contributed by atoms with Crippen LogP contribution in [-0.2, 0) is 0 Å². The van der Waals surface area contributed by atoms with E-state index in [1.54, 1.807) is 0 Å². The number of nitrogens with one attached hydrogen (secondary N) is 1. The number of nitrogen functional groups attached to an aromatic ring is 1. The molecule has 9 heteroatoms. The van der Waals surface area contributed by atoms with Gasteiger partial charge in [0.1, 0.15) is 17.8 Å². The number of anilines is 2. The minimum Gasteiger partial charge on any atom is -0.383 e. The zero-order valence-corrected chi connectivity index (χ0v) is 11.9. The van der Waals surface area contributed by atoms with E-state index in [1.165, 1.54) is 12.1 Å². The Kier molecular flexibility index (Phi) is 4.13. The fraction of sp³-hybridized carbons (Fsp3) is 0. The Balaban J connectivity index is 2.37. The van der Waals surface area contributed by atoms with Crippen LogP contribution in [0.2, 0.25) is 0 Å². The first-order valence-electron chi connectivity index (χ1n) is 5.55. The van der Waals surface area contributed by atoms with Gasteiger partial charge in [0.25, 0.3) is 11.6 Å². The Hall–Kier alpha value is -2.55. The number of hydrogen-bond acceptors (Lipinski definition) is 5. The molecule has 0 saturated heterocycles. The van der Waals surface area contributed by atoms with E-state index in [4.69, 9.17) is 5.73 Å². The smallest absolute Gasteiger partial charge is 0.288 e. The number of benzene rings is 1. The number of rotatable bonds is 3. The molecule has 0 atom stereocenters. The van der Waals surface area contributed by atoms with Gasteiger partial charge >= 0.3 is 0 Å². The van der Waals surface area contributed by atoms with Gasteiger partial charge in [-0.1, -0.05) is 6.07 Å². The van der Waals surface area contributed by atoms with Gasteiger partial charge in [0.2, 0.25) is 0 Å². The molecule has 1 aromatic heterocycles. The van der Waals surface area contributed by atoms with E-state index in [9.17, 15) is 19.3 Å². The summed E-state index contributed by atoms with van der Waals surface area (Å²) in [4.78, 5) is 25.6. The maximum absolute atomic E-state index is 13.6. The van der Waals surface area contributed by atoms with Crippen LogP contribution in [0.25, 0.3) is 0 Å². The lowest BCUT2D eigenvalue weighted by molar-refractivity contribution is -0.385. The zero-order chi connectivity index (χ0) is 15.6. The molecule has 0 bridgehead atoms. The van der Waals surface area contributed by atoms with Crippen LogP contribution < -0.4 is 11.1 Å². The third kappa shape index (κ3) is 3.14. The molecule has 0 saturated carbocycles. The Bertz CT molecular complexity index is 718. The van der Waals surface area contributed by atoms with Crippen molar-refractivity contribution in [3.8, 4) is 0 Å². The Morgan fingerprint density at radius 1 is 1.48 bits per heavy atom. The fourth-order valence-corrected chi connectivity index (χ4v) is 1.99. The first-order chi connectivity index (χ1) is 9.90. The summed E-state index contributed by atoms with van der Waals surface area (Å²) in [6, 6.07) is 5.13. The molecular formula is C12H8BrFN4O3. The number of nitro groups is 1. The number of aromatic nitrogens is 1. The van der Waals surface area contributed by atoms with Crippen LogP contribution in [0.5, 0.6) is 0 Å². The van der Waals surface area contributed by atoms with Gasteiger partial charge in [-0.2, -0.15) is 0 Å². The van der Waals surface area contributed by atoms with E-state index >= 15 is 0 Å². The van der Waals surface area contributed by atoms with Gasteiger partial charge in [0, 0.05) is 10.5 Å². The van der Waals surface area contributed by atoms with Gasteiger partial charge in [-0.05, 0) is 28.1 Å². The highest BCUT2D eigenvalue weighted by Crippen LogP contribution is 2.26. The third-order valence-electron chi connectivity index (χ3n) is 2.56. The van der Waals surface area contributed by atoms with E-state index in [-0.39, 0.29) is 22.8 Å². The number of pyridine rings is 1. The number of amides is 1. The third-order valence-corrected chi connectivity index (χ3v) is 3.22. The second kappa shape index (κ2) is 5.83. The molecule has 108 valence electrons. The number of carbonyl (C=O) groups is 1. The van der Waals surface area contributed by atoms with E-state index in [2.05, 4.69) is 26.2 Å². The predicted octanol–water partition coefficient (Wildman–Crippen LogP) is 2.73. The number of halogens is 2. The number of hydrogen-bond donors (Lipinski definition) is 2. The summed E-state index contributed by atoms with van der Waals surface area (Å²) >= 11 is 3.09. The first-order valence-corrected chi connectivity index (χ1v) is 6.34. The van der Waals surface area contributed by atoms with Gasteiger partial charge in [0.15, 0.2) is 0 Å². The lowest BCUT2D eigenvalue weighted by atomic mass is 10.2. The maximum atomic E-state index is 13.6. The molecule has 0 unspecified atom stereocenters. The van der Waals surface area contributed by atoms with Crippen molar-refractivity contribution >= 4 is 39.0 Å². The molecule has 1 heterocycles. The van der Waals surface area contributed by atoms with Crippen LogP contribution in [-0.4, -0.2) is 15.8 Å². The van der Waals surface area contributed by atoms with Crippen molar-refractivity contribution in [3.05, 3.63) is 56.4 Å². The van der Waals surface area contributed by atoms with E-state index in [0.29, 0.717) is 4.47 Å². The molecule has 7 nitrogen and oxygen atoms in total. The SMILES string of the molecule is Nc1ncc([N+](=O)[O-])cc1C(=O)Nc1c(F)cccc1Br. The quantitative estimate of drug-likeness (QED) is 0.650. The molecule has 1 amide bonds. The molecule has 0 aliphatic rings. The number of para-hydroxylation sites is 1. The molecule has 21 heavy (non-hydrogen) atoms. The summed E-state index contributed by atoms with van der Waals surface area (Å²) in [7, 11) is 0. The van der Waals surface area contributed by atoms with Crippen LogP contribution >= 0.6 is 15.9 Å². The highest BCUT2D eigenvalue weighted by Gasteiger charge is 2.18. The normalized spacial score (nSPS) is 10.2. The Morgan fingerprint density at radius 2 is 2.19 bits per heavy atom. The van der Waals surface area contributed by atoms with Crippen molar-refractivity contribution in [2.75, 3.05) is 11.1 Å². The monoisotopic (exact) mass is 354 g/mol. The fourth-order valence-electron chi connectivity index (χ4n) is 1.54. The molecule has 0 spiro atoms. The van der Waals surface area contributed by atoms with Crippen molar-refractivity contribution in [1.29, 1.82) is 0 Å². The minimum atomic E-state index is -0.797. The zero-order valence-electron chi connectivity index (χ0n) is 10.3. The topological polar surface area (TPSA) is 111 Å². The van der Waals surface area contributed by atoms with Gasteiger partial charge in [-0.25, -0.2) is 9.37 Å². The van der Waals surface area contributed by atoms with E-state index < -0.39 is 16.6 Å². The summed E-state index contributed by atoms with van der Waals surface area (Å²) in [5.74, 6) is -1.64. The highest BCUT2D eigenvalue weighted by atomic mass is 79.9. The summed E-state index contributed by atoms with van der Waals surface area (Å²) in [6.45, 7) is 0. The second-order valence-electron chi connectivity index (χ2n) is 3.93. The average Bonchev–Trinajstić information content (AvgIpc) is 2.43. The molecule has 0 radical (unpaired) electrons. The van der Waals surface area contributed by atoms with Gasteiger partial charge < -0.3 is 11.1 Å². The van der Waals surface area contributed by atoms with Crippen LogP contribution in [0.4, 0.5) is 21.6 Å². The van der Waals surface area contributed by atoms with Crippen molar-refractivity contribution in [3.63, 3.8) is 0 Å². The summed E-state index contributed by atoms with van der Waals surface area (Å²) in [6.07, 6.45) is 0.936. The van der Waals surface area contributed by atoms with Crippen LogP contribution in [0.1, 0.15) is 10.4 Å². The first kappa shape index (κ1) is 14.9. The van der Waals surface area contributed by atoms with E-state index in [1.807, 2.05) is 0 Å². The summed E-state index contributed by atoms with van der Waals surface area (Å²) < 4.78 is 14.0. The Labute approximate surface area is 126 Å². The van der Waals surface area contributed by atoms with Crippen LogP contribution in [0.3, 0.4) is 0 Å². The molecular weight excluding hydrogens is 347 g/mol. The molecule has 2 rings (SSSR count). The molecule has 0 aliphatic heterocycles. The standard InChI is InChI=1S/C12H8BrFN4O3/c13-8-2-1-3-9(14)10(8)17-12(19)7-4-6(18(20)21)5-16-11(7)15/h1-5H,(H2,15,16)(H,17,19). The van der Waals surface area contributed by atoms with E-state index in [0.717, 1.165) is 18.3 Å². The maximum Gasteiger partial charge on any atom is 0.288 e. The number of nitrogens with two attached hydrogens (primary N) is 1. The molecule has 1 aromatic carbocycles. The van der Waals surface area contributed by atoms with Crippen molar-refractivity contribution < 1.29 is 14.1 Å². The van der Waals surface area contributed by atoms with Crippen LogP contribution in [0, 0.1) is 15.9 Å². The largest absolute Gasteiger partial charge is 0.383 e. The predicted molar refractivity (Wildman–Crippen MR) is 77.4 cm³/mol. The Morgan fingerprint density at radius 3 is 2.81 bits per heavy atom. The van der Waals surface area contributed by atoms with Crippen molar-refractivity contribution in [2.45, 2.75) is 0 Å². The van der Waals surface area contributed by atoms with Gasteiger partial charge in [-0.3, -0.25) is 14.9 Å². The molecule has 0 fully saturated rings. The molecule has 3 N–H and O–H groups in total. The number of carbonyl (C=O) groups excluding carboxylic acids is 1. The molecule has 0 aliphatic carbocycles. The van der Waals surface area contributed by atoms with Crippen LogP contribution in [0.15, 0.2) is 34.9 Å². The van der Waals surface area contributed by atoms with Crippen molar-refractivity contribution in [2.24, 2.45) is 0 Å². The lowest BCUT2D eigenvalue weighted by Crippen LogP contribution is -2.16. The number of nitrogens with zero attached hydrogens (tertiary/aromatic N) is 2. The summed E-state index contributed by atoms with van der Waals surface area (Å²) in [5.41, 5.74) is 4.83.